The Morgan fingerprint density at radius 1 is 1.15 bits per heavy atom. The van der Waals surface area contributed by atoms with Crippen molar-refractivity contribution in [2.75, 3.05) is 0 Å². The zero-order valence-electron chi connectivity index (χ0n) is 7.35. The zero-order chi connectivity index (χ0) is 8.67. The van der Waals surface area contributed by atoms with Crippen molar-refractivity contribution in [3.8, 4) is 0 Å². The lowest BCUT2D eigenvalue weighted by Gasteiger charge is -2.04. The smallest absolute Gasteiger partial charge is 0.0647 e. The molecule has 1 nitrogen and oxygen atoms in total. The summed E-state index contributed by atoms with van der Waals surface area (Å²) >= 11 is 0. The molecule has 0 saturated heterocycles. The van der Waals surface area contributed by atoms with E-state index in [0.29, 0.717) is 6.04 Å². The number of fused-ring (bicyclic) bond motifs is 1. The van der Waals surface area contributed by atoms with Crippen LogP contribution in [0.2, 0.25) is 0 Å². The van der Waals surface area contributed by atoms with E-state index >= 15 is 0 Å². The first-order valence-corrected chi connectivity index (χ1v) is 4.75. The predicted octanol–water partition coefficient (Wildman–Crippen LogP) is 2.43. The molecule has 2 aliphatic rings. The minimum Gasteiger partial charge on any atom is -0.281 e. The van der Waals surface area contributed by atoms with Gasteiger partial charge in [-0.25, -0.2) is 0 Å². The van der Waals surface area contributed by atoms with Crippen LogP contribution in [-0.4, -0.2) is 11.8 Å². The van der Waals surface area contributed by atoms with E-state index in [9.17, 15) is 0 Å². The second kappa shape index (κ2) is 2.56. The molecule has 13 heavy (non-hydrogen) atoms. The highest BCUT2D eigenvalue weighted by Crippen LogP contribution is 2.38. The van der Waals surface area contributed by atoms with Crippen LogP contribution in [0.15, 0.2) is 47.5 Å². The molecular weight excluding hydrogens is 158 g/mol. The van der Waals surface area contributed by atoms with Crippen molar-refractivity contribution in [2.45, 2.75) is 12.5 Å². The maximum Gasteiger partial charge on any atom is 0.0647 e. The highest BCUT2D eigenvalue weighted by Gasteiger charge is 2.36. The molecule has 0 spiro atoms. The highest BCUT2D eigenvalue weighted by atomic mass is 14.9. The minimum absolute atomic E-state index is 0.597. The Kier molecular flexibility index (Phi) is 1.39. The summed E-state index contributed by atoms with van der Waals surface area (Å²) in [7, 11) is 0. The third-order valence-corrected chi connectivity index (χ3v) is 2.68. The Balaban J connectivity index is 1.98. The van der Waals surface area contributed by atoms with Crippen molar-refractivity contribution in [1.82, 2.24) is 0 Å². The molecule has 1 aromatic carbocycles. The summed E-state index contributed by atoms with van der Waals surface area (Å²) in [6.45, 7) is 0. The van der Waals surface area contributed by atoms with Gasteiger partial charge in [0.15, 0.2) is 0 Å². The number of dihydropyridines is 1. The largest absolute Gasteiger partial charge is 0.281 e. The molecule has 0 bridgehead atoms. The molecule has 0 N–H and O–H groups in total. The van der Waals surface area contributed by atoms with Crippen LogP contribution < -0.4 is 0 Å². The molecular formula is C12H11N. The van der Waals surface area contributed by atoms with Gasteiger partial charge in [0.2, 0.25) is 0 Å². The number of aliphatic imine (C=N–C) groups is 1. The standard InChI is InChI=1S/C12H11N/c1-2-4-9(5-3-1)11-7-6-10-8-12(10)13-11/h1-7,10,12H,8H2/t10-,12?/m0/s1. The molecule has 0 amide bonds. The lowest BCUT2D eigenvalue weighted by atomic mass is 10.1. The van der Waals surface area contributed by atoms with Crippen LogP contribution in [-0.2, 0) is 0 Å². The maximum atomic E-state index is 4.66. The molecule has 1 heterocycles. The van der Waals surface area contributed by atoms with Crippen LogP contribution >= 0.6 is 0 Å². The first-order valence-electron chi connectivity index (χ1n) is 4.75. The summed E-state index contributed by atoms with van der Waals surface area (Å²) < 4.78 is 0. The Hall–Kier alpha value is -1.37. The van der Waals surface area contributed by atoms with E-state index in [1.165, 1.54) is 12.0 Å². The molecule has 1 aliphatic heterocycles. The second-order valence-corrected chi connectivity index (χ2v) is 3.71. The number of benzene rings is 1. The Morgan fingerprint density at radius 2 is 2.00 bits per heavy atom. The molecule has 1 heteroatoms. The third-order valence-electron chi connectivity index (χ3n) is 2.68. The molecule has 3 rings (SSSR count). The number of rotatable bonds is 1. The fourth-order valence-corrected chi connectivity index (χ4v) is 1.77. The topological polar surface area (TPSA) is 12.4 Å². The summed E-state index contributed by atoms with van der Waals surface area (Å²) in [5.74, 6) is 0.757. The van der Waals surface area contributed by atoms with Crippen LogP contribution in [0.4, 0.5) is 0 Å². The Labute approximate surface area is 77.8 Å². The van der Waals surface area contributed by atoms with Crippen LogP contribution in [0.3, 0.4) is 0 Å². The molecule has 2 atom stereocenters. The van der Waals surface area contributed by atoms with Crippen molar-refractivity contribution in [3.05, 3.63) is 48.0 Å². The number of hydrogen-bond donors (Lipinski definition) is 0. The molecule has 1 unspecified atom stereocenters. The van der Waals surface area contributed by atoms with Gasteiger partial charge >= 0.3 is 0 Å². The molecule has 1 fully saturated rings. The van der Waals surface area contributed by atoms with Crippen molar-refractivity contribution in [3.63, 3.8) is 0 Å². The summed E-state index contributed by atoms with van der Waals surface area (Å²) in [5, 5.41) is 0. The second-order valence-electron chi connectivity index (χ2n) is 3.71. The SMILES string of the molecule is C1=C[C@H]2CC2N=C1c1ccccc1. The van der Waals surface area contributed by atoms with Gasteiger partial charge in [-0.2, -0.15) is 0 Å². The van der Waals surface area contributed by atoms with Gasteiger partial charge < -0.3 is 0 Å². The Morgan fingerprint density at radius 3 is 2.77 bits per heavy atom. The fourth-order valence-electron chi connectivity index (χ4n) is 1.77. The highest BCUT2D eigenvalue weighted by molar-refractivity contribution is 6.09. The fraction of sp³-hybridized carbons (Fsp3) is 0.250. The van der Waals surface area contributed by atoms with Crippen LogP contribution in [0.25, 0.3) is 0 Å². The van der Waals surface area contributed by atoms with Gasteiger partial charge in [-0.3, -0.25) is 4.99 Å². The summed E-state index contributed by atoms with van der Waals surface area (Å²) in [4.78, 5) is 4.66. The lowest BCUT2D eigenvalue weighted by molar-refractivity contribution is 0.963. The van der Waals surface area contributed by atoms with E-state index in [4.69, 9.17) is 0 Å². The van der Waals surface area contributed by atoms with Gasteiger partial charge in [-0.15, -0.1) is 0 Å². The molecule has 1 aromatic rings. The monoisotopic (exact) mass is 169 g/mol. The van der Waals surface area contributed by atoms with E-state index in [1.807, 2.05) is 6.07 Å². The zero-order valence-corrected chi connectivity index (χ0v) is 7.35. The quantitative estimate of drug-likeness (QED) is 0.612. The number of nitrogens with zero attached hydrogens (tertiary/aromatic N) is 1. The average molecular weight is 169 g/mol. The van der Waals surface area contributed by atoms with E-state index in [-0.39, 0.29) is 0 Å². The van der Waals surface area contributed by atoms with Crippen LogP contribution in [0.1, 0.15) is 12.0 Å². The van der Waals surface area contributed by atoms with Gasteiger partial charge in [0.1, 0.15) is 0 Å². The third kappa shape index (κ3) is 1.21. The van der Waals surface area contributed by atoms with E-state index in [1.54, 1.807) is 0 Å². The van der Waals surface area contributed by atoms with Crippen molar-refractivity contribution in [2.24, 2.45) is 10.9 Å². The van der Waals surface area contributed by atoms with Crippen molar-refractivity contribution in [1.29, 1.82) is 0 Å². The first kappa shape index (κ1) is 7.07. The normalized spacial score (nSPS) is 29.4. The summed E-state index contributed by atoms with van der Waals surface area (Å²) in [5.41, 5.74) is 2.39. The van der Waals surface area contributed by atoms with Crippen molar-refractivity contribution < 1.29 is 0 Å². The van der Waals surface area contributed by atoms with Crippen LogP contribution in [0.5, 0.6) is 0 Å². The van der Waals surface area contributed by atoms with Gasteiger partial charge in [0, 0.05) is 5.92 Å². The van der Waals surface area contributed by atoms with Gasteiger partial charge in [-0.1, -0.05) is 36.4 Å². The van der Waals surface area contributed by atoms with E-state index in [2.05, 4.69) is 41.4 Å². The minimum atomic E-state index is 0.597. The average Bonchev–Trinajstić information content (AvgIpc) is 2.96. The maximum absolute atomic E-state index is 4.66. The molecule has 1 saturated carbocycles. The number of hydrogen-bond acceptors (Lipinski definition) is 1. The van der Waals surface area contributed by atoms with E-state index in [0.717, 1.165) is 11.6 Å². The predicted molar refractivity (Wildman–Crippen MR) is 54.0 cm³/mol. The molecule has 0 radical (unpaired) electrons. The lowest BCUT2D eigenvalue weighted by Crippen LogP contribution is -2.02. The van der Waals surface area contributed by atoms with Gasteiger partial charge in [-0.05, 0) is 18.1 Å². The van der Waals surface area contributed by atoms with Gasteiger partial charge in [0.25, 0.3) is 0 Å². The summed E-state index contributed by atoms with van der Waals surface area (Å²) in [6, 6.07) is 11.0. The van der Waals surface area contributed by atoms with Crippen LogP contribution in [0, 0.1) is 5.92 Å². The Bertz CT molecular complexity index is 375. The van der Waals surface area contributed by atoms with Crippen molar-refractivity contribution >= 4 is 5.71 Å². The van der Waals surface area contributed by atoms with E-state index < -0.39 is 0 Å². The molecule has 64 valence electrons. The molecule has 1 aliphatic carbocycles. The van der Waals surface area contributed by atoms with Gasteiger partial charge in [0.05, 0.1) is 11.8 Å². The first-order chi connectivity index (χ1) is 6.43. The summed E-state index contributed by atoms with van der Waals surface area (Å²) in [6.07, 6.45) is 5.70. The number of allylic oxidation sites excluding steroid dienone is 1. The molecule has 0 aromatic heterocycles.